The molecule has 8 heteroatoms. The van der Waals surface area contributed by atoms with Gasteiger partial charge < -0.3 is 29.9 Å². The van der Waals surface area contributed by atoms with Crippen LogP contribution in [0.5, 0.6) is 5.75 Å². The fourth-order valence-corrected chi connectivity index (χ4v) is 4.54. The molecule has 1 aliphatic heterocycles. The van der Waals surface area contributed by atoms with E-state index in [-0.39, 0.29) is 0 Å². The predicted octanol–water partition coefficient (Wildman–Crippen LogP) is 2.30. The molecule has 1 aliphatic rings. The highest BCUT2D eigenvalue weighted by Crippen LogP contribution is 2.39. The molecule has 2 aromatic rings. The third kappa shape index (κ3) is 4.68. The Morgan fingerprint density at radius 1 is 1.11 bits per heavy atom. The first-order chi connectivity index (χ1) is 13.4. The molecule has 1 aromatic carbocycles. The van der Waals surface area contributed by atoms with Gasteiger partial charge in [0.15, 0.2) is 0 Å². The molecule has 0 aliphatic carbocycles. The molecule has 0 bridgehead atoms. The van der Waals surface area contributed by atoms with E-state index in [0.29, 0.717) is 22.2 Å². The maximum atomic E-state index is 10.3. The molecule has 1 aromatic heterocycles. The maximum absolute atomic E-state index is 10.3. The smallest absolute Gasteiger partial charge is 0.121 e. The quantitative estimate of drug-likeness (QED) is 0.540. The van der Waals surface area contributed by atoms with Gasteiger partial charge in [-0.25, -0.2) is 0 Å². The van der Waals surface area contributed by atoms with Crippen LogP contribution < -0.4 is 4.74 Å². The lowest BCUT2D eigenvalue weighted by molar-refractivity contribution is -0.230. The Balaban J connectivity index is 1.74. The zero-order valence-corrected chi connectivity index (χ0v) is 17.1. The summed E-state index contributed by atoms with van der Waals surface area (Å²) in [5, 5.41) is 39.6. The molecule has 3 rings (SSSR count). The minimum absolute atomic E-state index is 0.458. The first-order valence-electron chi connectivity index (χ1n) is 9.25. The van der Waals surface area contributed by atoms with Crippen LogP contribution in [0.4, 0.5) is 0 Å². The van der Waals surface area contributed by atoms with E-state index in [0.717, 1.165) is 23.3 Å². The number of halogens is 1. The van der Waals surface area contributed by atoms with Crippen LogP contribution in [0.15, 0.2) is 30.3 Å². The summed E-state index contributed by atoms with van der Waals surface area (Å²) < 4.78 is 11.8. The van der Waals surface area contributed by atoms with Crippen LogP contribution in [0.25, 0.3) is 0 Å². The molecule has 6 nitrogen and oxygen atoms in total. The highest BCUT2D eigenvalue weighted by molar-refractivity contribution is 7.16. The Morgan fingerprint density at radius 3 is 2.46 bits per heavy atom. The van der Waals surface area contributed by atoms with Gasteiger partial charge in [-0.1, -0.05) is 30.7 Å². The number of ether oxygens (including phenoxy) is 2. The molecule has 0 unspecified atom stereocenters. The monoisotopic (exact) mass is 428 g/mol. The van der Waals surface area contributed by atoms with Crippen LogP contribution in [0.3, 0.4) is 0 Å². The second kappa shape index (κ2) is 9.54. The number of aliphatic hydroxyl groups excluding tert-OH is 4. The summed E-state index contributed by atoms with van der Waals surface area (Å²) in [6.07, 6.45) is -4.35. The van der Waals surface area contributed by atoms with E-state index in [4.69, 9.17) is 21.1 Å². The van der Waals surface area contributed by atoms with Gasteiger partial charge in [-0.15, -0.1) is 11.3 Å². The van der Waals surface area contributed by atoms with Gasteiger partial charge in [-0.3, -0.25) is 0 Å². The fourth-order valence-electron chi connectivity index (χ4n) is 3.17. The van der Waals surface area contributed by atoms with Gasteiger partial charge in [0.2, 0.25) is 0 Å². The van der Waals surface area contributed by atoms with Crippen molar-refractivity contribution in [3.63, 3.8) is 0 Å². The molecule has 5 atom stereocenters. The average molecular weight is 429 g/mol. The van der Waals surface area contributed by atoms with Gasteiger partial charge in [-0.05, 0) is 42.2 Å². The Kier molecular flexibility index (Phi) is 7.33. The van der Waals surface area contributed by atoms with E-state index in [1.165, 1.54) is 11.3 Å². The van der Waals surface area contributed by atoms with Crippen molar-refractivity contribution in [1.29, 1.82) is 0 Å². The van der Waals surface area contributed by atoms with Crippen LogP contribution in [0.1, 0.15) is 35.5 Å². The van der Waals surface area contributed by atoms with Crippen molar-refractivity contribution >= 4 is 22.9 Å². The lowest BCUT2D eigenvalue weighted by Crippen LogP contribution is -2.55. The van der Waals surface area contributed by atoms with Gasteiger partial charge in [0, 0.05) is 4.88 Å². The molecule has 1 saturated heterocycles. The fraction of sp³-hybridized carbons (Fsp3) is 0.500. The largest absolute Gasteiger partial charge is 0.494 e. The third-order valence-corrected chi connectivity index (χ3v) is 6.24. The predicted molar refractivity (Wildman–Crippen MR) is 107 cm³/mol. The molecule has 0 radical (unpaired) electrons. The number of hydrogen-bond donors (Lipinski definition) is 4. The van der Waals surface area contributed by atoms with Crippen LogP contribution >= 0.6 is 22.9 Å². The zero-order valence-electron chi connectivity index (χ0n) is 15.5. The third-order valence-electron chi connectivity index (χ3n) is 4.74. The first kappa shape index (κ1) is 21.5. The highest BCUT2D eigenvalue weighted by atomic mass is 35.5. The summed E-state index contributed by atoms with van der Waals surface area (Å²) in [5.74, 6) is 0.823. The summed E-state index contributed by atoms with van der Waals surface area (Å²) in [5.41, 5.74) is 1.93. The van der Waals surface area contributed by atoms with E-state index >= 15 is 0 Å². The molecule has 1 fully saturated rings. The minimum atomic E-state index is -1.41. The van der Waals surface area contributed by atoms with Crippen molar-refractivity contribution in [3.8, 4) is 5.75 Å². The summed E-state index contributed by atoms with van der Waals surface area (Å²) in [4.78, 5) is 0.639. The second-order valence-electron chi connectivity index (χ2n) is 6.87. The van der Waals surface area contributed by atoms with E-state index < -0.39 is 37.1 Å². The normalized spacial score (nSPS) is 27.7. The zero-order chi connectivity index (χ0) is 20.3. The van der Waals surface area contributed by atoms with Crippen LogP contribution in [-0.4, -0.2) is 58.1 Å². The van der Waals surface area contributed by atoms with Crippen LogP contribution in [-0.2, 0) is 11.2 Å². The molecule has 2 heterocycles. The maximum Gasteiger partial charge on any atom is 0.121 e. The van der Waals surface area contributed by atoms with Crippen molar-refractivity contribution in [2.45, 2.75) is 50.3 Å². The van der Waals surface area contributed by atoms with Crippen molar-refractivity contribution in [2.24, 2.45) is 0 Å². The average Bonchev–Trinajstić information content (AvgIpc) is 3.06. The van der Waals surface area contributed by atoms with Crippen LogP contribution in [0.2, 0.25) is 4.34 Å². The number of hydrogen-bond acceptors (Lipinski definition) is 7. The van der Waals surface area contributed by atoms with Crippen molar-refractivity contribution in [2.75, 3.05) is 13.2 Å². The van der Waals surface area contributed by atoms with Crippen LogP contribution in [0, 0.1) is 0 Å². The summed E-state index contributed by atoms with van der Waals surface area (Å²) in [6, 6.07) is 9.63. The topological polar surface area (TPSA) is 99.4 Å². The molecular formula is C20H25ClO6S. The number of benzene rings is 1. The second-order valence-corrected chi connectivity index (χ2v) is 8.55. The molecule has 0 spiro atoms. The SMILES string of the molecule is CCCOc1ccc(Cc2cc([C@@H]3O[C@H](CO)[C@@H](O)[C@H](O)[C@H]3O)sc2Cl)cc1. The molecule has 154 valence electrons. The first-order valence-corrected chi connectivity index (χ1v) is 10.4. The molecule has 4 N–H and O–H groups in total. The van der Waals surface area contributed by atoms with Crippen molar-refractivity contribution < 1.29 is 29.9 Å². The van der Waals surface area contributed by atoms with Crippen molar-refractivity contribution in [1.82, 2.24) is 0 Å². The van der Waals surface area contributed by atoms with Gasteiger partial charge in [0.05, 0.1) is 17.6 Å². The van der Waals surface area contributed by atoms with E-state index in [1.807, 2.05) is 30.3 Å². The van der Waals surface area contributed by atoms with Crippen molar-refractivity contribution in [3.05, 3.63) is 50.7 Å². The van der Waals surface area contributed by atoms with E-state index in [1.54, 1.807) is 0 Å². The van der Waals surface area contributed by atoms with Gasteiger partial charge >= 0.3 is 0 Å². The molecule has 28 heavy (non-hydrogen) atoms. The Hall–Kier alpha value is -1.19. The molecule has 0 amide bonds. The Morgan fingerprint density at radius 2 is 1.82 bits per heavy atom. The Labute approximate surface area is 172 Å². The standard InChI is InChI=1S/C20H25ClO6S/c1-2-7-26-13-5-3-11(4-6-13)8-12-9-15(28-20(12)21)19-18(25)17(24)16(23)14(10-22)27-19/h3-6,9,14,16-19,22-25H,2,7-8,10H2,1H3/t14-,16-,17+,18-,19+/m1/s1. The Bertz CT molecular complexity index is 763. The molecule has 0 saturated carbocycles. The van der Waals surface area contributed by atoms with E-state index in [9.17, 15) is 20.4 Å². The van der Waals surface area contributed by atoms with Gasteiger partial charge in [-0.2, -0.15) is 0 Å². The minimum Gasteiger partial charge on any atom is -0.494 e. The van der Waals surface area contributed by atoms with E-state index in [2.05, 4.69) is 6.92 Å². The van der Waals surface area contributed by atoms with Gasteiger partial charge in [0.25, 0.3) is 0 Å². The highest BCUT2D eigenvalue weighted by Gasteiger charge is 2.44. The lowest BCUT2D eigenvalue weighted by Gasteiger charge is -2.39. The molecular weight excluding hydrogens is 404 g/mol. The van der Waals surface area contributed by atoms with Gasteiger partial charge in [0.1, 0.15) is 36.3 Å². The summed E-state index contributed by atoms with van der Waals surface area (Å²) in [7, 11) is 0. The number of rotatable bonds is 7. The summed E-state index contributed by atoms with van der Waals surface area (Å²) >= 11 is 7.65. The number of aliphatic hydroxyl groups is 4. The summed E-state index contributed by atoms with van der Waals surface area (Å²) in [6.45, 7) is 2.28. The number of thiophene rings is 1. The lowest BCUT2D eigenvalue weighted by atomic mass is 9.94.